The van der Waals surface area contributed by atoms with E-state index in [0.717, 1.165) is 11.4 Å². The number of benzene rings is 1. The summed E-state index contributed by atoms with van der Waals surface area (Å²) in [6, 6.07) is 6.84. The van der Waals surface area contributed by atoms with Crippen LogP contribution >= 0.6 is 0 Å². The third kappa shape index (κ3) is 2.66. The van der Waals surface area contributed by atoms with Crippen molar-refractivity contribution in [1.82, 2.24) is 4.98 Å². The molecular formula is C14H17N2O2S+. The Bertz CT molecular complexity index is 692. The SMILES string of the molecule is CC[n+]1cc(S(=O)(=O)c2ccc(C)cc2)cnc1C. The van der Waals surface area contributed by atoms with E-state index in [-0.39, 0.29) is 4.90 Å². The molecule has 0 aliphatic heterocycles. The highest BCUT2D eigenvalue weighted by atomic mass is 32.2. The second-order valence-corrected chi connectivity index (χ2v) is 6.39. The van der Waals surface area contributed by atoms with Crippen LogP contribution in [0.1, 0.15) is 18.3 Å². The van der Waals surface area contributed by atoms with Crippen molar-refractivity contribution in [3.05, 3.63) is 48.0 Å². The molecule has 0 N–H and O–H groups in total. The van der Waals surface area contributed by atoms with Crippen molar-refractivity contribution >= 4 is 9.84 Å². The molecule has 0 saturated carbocycles. The molecule has 4 nitrogen and oxygen atoms in total. The van der Waals surface area contributed by atoms with Crippen molar-refractivity contribution in [2.75, 3.05) is 0 Å². The minimum absolute atomic E-state index is 0.226. The van der Waals surface area contributed by atoms with Gasteiger partial charge in [-0.1, -0.05) is 22.7 Å². The average Bonchev–Trinajstić information content (AvgIpc) is 2.39. The van der Waals surface area contributed by atoms with Gasteiger partial charge in [0.15, 0.2) is 11.1 Å². The van der Waals surface area contributed by atoms with Gasteiger partial charge >= 0.3 is 0 Å². The highest BCUT2D eigenvalue weighted by molar-refractivity contribution is 7.91. The second kappa shape index (κ2) is 5.09. The lowest BCUT2D eigenvalue weighted by Gasteiger charge is -2.04. The standard InChI is InChI=1S/C14H17N2O2S/c1-4-16-10-14(9-15-12(16)3)19(17,18)13-7-5-11(2)6-8-13/h5-10H,4H2,1-3H3/q+1. The number of aryl methyl sites for hydroxylation is 3. The zero-order valence-electron chi connectivity index (χ0n) is 11.3. The Kier molecular flexibility index (Phi) is 3.66. The number of sulfone groups is 1. The predicted molar refractivity (Wildman–Crippen MR) is 71.5 cm³/mol. The maximum atomic E-state index is 12.5. The zero-order valence-corrected chi connectivity index (χ0v) is 12.1. The molecule has 0 amide bonds. The second-order valence-electron chi connectivity index (χ2n) is 4.44. The van der Waals surface area contributed by atoms with Crippen LogP contribution in [0, 0.1) is 13.8 Å². The van der Waals surface area contributed by atoms with Crippen molar-refractivity contribution in [3.8, 4) is 0 Å². The van der Waals surface area contributed by atoms with E-state index in [1.54, 1.807) is 30.5 Å². The molecule has 0 radical (unpaired) electrons. The Morgan fingerprint density at radius 3 is 2.32 bits per heavy atom. The molecule has 100 valence electrons. The summed E-state index contributed by atoms with van der Waals surface area (Å²) in [7, 11) is -3.49. The van der Waals surface area contributed by atoms with Gasteiger partial charge in [-0.15, -0.1) is 0 Å². The smallest absolute Gasteiger partial charge is 0.234 e. The summed E-state index contributed by atoms with van der Waals surface area (Å²) in [5.74, 6) is 0.797. The zero-order chi connectivity index (χ0) is 14.0. The molecule has 0 fully saturated rings. The van der Waals surface area contributed by atoms with Crippen LogP contribution in [0.4, 0.5) is 0 Å². The molecular weight excluding hydrogens is 260 g/mol. The lowest BCUT2D eigenvalue weighted by Crippen LogP contribution is -2.37. The van der Waals surface area contributed by atoms with E-state index in [4.69, 9.17) is 0 Å². The molecule has 1 aromatic carbocycles. The predicted octanol–water partition coefficient (Wildman–Crippen LogP) is 1.84. The van der Waals surface area contributed by atoms with Crippen molar-refractivity contribution in [2.24, 2.45) is 0 Å². The molecule has 1 aromatic heterocycles. The monoisotopic (exact) mass is 277 g/mol. The van der Waals surface area contributed by atoms with Crippen LogP contribution in [-0.4, -0.2) is 13.4 Å². The first-order valence-electron chi connectivity index (χ1n) is 6.13. The molecule has 5 heteroatoms. The van der Waals surface area contributed by atoms with E-state index in [9.17, 15) is 8.42 Å². The minimum atomic E-state index is -3.49. The van der Waals surface area contributed by atoms with Gasteiger partial charge in [0, 0.05) is 6.92 Å². The van der Waals surface area contributed by atoms with Crippen molar-refractivity contribution in [2.45, 2.75) is 37.1 Å². The summed E-state index contributed by atoms with van der Waals surface area (Å²) in [6.45, 7) is 6.42. The van der Waals surface area contributed by atoms with Gasteiger partial charge < -0.3 is 0 Å². The molecule has 2 rings (SSSR count). The molecule has 0 spiro atoms. The van der Waals surface area contributed by atoms with Crippen molar-refractivity contribution in [1.29, 1.82) is 0 Å². The van der Waals surface area contributed by atoms with Gasteiger partial charge in [0.1, 0.15) is 6.20 Å². The van der Waals surface area contributed by atoms with Gasteiger partial charge in [-0.3, -0.25) is 0 Å². The summed E-state index contributed by atoms with van der Waals surface area (Å²) in [4.78, 5) is 4.67. The summed E-state index contributed by atoms with van der Waals surface area (Å²) in [6.07, 6.45) is 3.05. The topological polar surface area (TPSA) is 50.9 Å². The molecule has 0 bridgehead atoms. The first-order valence-corrected chi connectivity index (χ1v) is 7.61. The van der Waals surface area contributed by atoms with E-state index in [2.05, 4.69) is 4.98 Å². The molecule has 0 unspecified atom stereocenters. The Hall–Kier alpha value is -1.75. The van der Waals surface area contributed by atoms with Gasteiger partial charge in [-0.2, -0.15) is 0 Å². The molecule has 19 heavy (non-hydrogen) atoms. The average molecular weight is 277 g/mol. The summed E-state index contributed by atoms with van der Waals surface area (Å²) in [5.41, 5.74) is 1.03. The van der Waals surface area contributed by atoms with E-state index in [1.165, 1.54) is 6.20 Å². The number of aromatic nitrogens is 2. The molecule has 0 aliphatic rings. The fraction of sp³-hybridized carbons (Fsp3) is 0.286. The highest BCUT2D eigenvalue weighted by Gasteiger charge is 2.22. The highest BCUT2D eigenvalue weighted by Crippen LogP contribution is 2.19. The third-order valence-corrected chi connectivity index (χ3v) is 4.78. The molecule has 0 saturated heterocycles. The lowest BCUT2D eigenvalue weighted by molar-refractivity contribution is -0.704. The Morgan fingerprint density at radius 1 is 1.11 bits per heavy atom. The summed E-state index contributed by atoms with van der Waals surface area (Å²) < 4.78 is 26.8. The fourth-order valence-electron chi connectivity index (χ4n) is 1.82. The Labute approximate surface area is 113 Å². The largest absolute Gasteiger partial charge is 0.295 e. The normalized spacial score (nSPS) is 11.5. The van der Waals surface area contributed by atoms with Crippen LogP contribution < -0.4 is 4.57 Å². The first kappa shape index (κ1) is 13.7. The van der Waals surface area contributed by atoms with Crippen LogP contribution in [-0.2, 0) is 16.4 Å². The minimum Gasteiger partial charge on any atom is -0.234 e. The van der Waals surface area contributed by atoms with Crippen LogP contribution in [0.3, 0.4) is 0 Å². The summed E-state index contributed by atoms with van der Waals surface area (Å²) in [5, 5.41) is 0. The van der Waals surface area contributed by atoms with Crippen LogP contribution in [0.15, 0.2) is 46.5 Å². The molecule has 0 atom stereocenters. The maximum absolute atomic E-state index is 12.5. The number of hydrogen-bond acceptors (Lipinski definition) is 3. The Morgan fingerprint density at radius 2 is 1.74 bits per heavy atom. The van der Waals surface area contributed by atoms with Crippen molar-refractivity contribution < 1.29 is 13.0 Å². The quantitative estimate of drug-likeness (QED) is 0.804. The van der Waals surface area contributed by atoms with Gasteiger partial charge in [-0.25, -0.2) is 13.0 Å². The van der Waals surface area contributed by atoms with Crippen molar-refractivity contribution in [3.63, 3.8) is 0 Å². The van der Waals surface area contributed by atoms with Gasteiger partial charge in [0.05, 0.1) is 11.4 Å². The molecule has 1 heterocycles. The van der Waals surface area contributed by atoms with E-state index in [0.29, 0.717) is 11.4 Å². The number of hydrogen-bond donors (Lipinski definition) is 0. The van der Waals surface area contributed by atoms with E-state index in [1.807, 2.05) is 25.3 Å². The van der Waals surface area contributed by atoms with E-state index < -0.39 is 9.84 Å². The first-order chi connectivity index (χ1) is 8.95. The van der Waals surface area contributed by atoms with E-state index >= 15 is 0 Å². The lowest BCUT2D eigenvalue weighted by atomic mass is 10.2. The maximum Gasteiger partial charge on any atom is 0.295 e. The van der Waals surface area contributed by atoms with Gasteiger partial charge in [0.2, 0.25) is 9.84 Å². The van der Waals surface area contributed by atoms with Crippen LogP contribution in [0.5, 0.6) is 0 Å². The molecule has 0 aliphatic carbocycles. The van der Waals surface area contributed by atoms with Gasteiger partial charge in [-0.05, 0) is 26.0 Å². The number of rotatable bonds is 3. The van der Waals surface area contributed by atoms with Crippen LogP contribution in [0.25, 0.3) is 0 Å². The third-order valence-electron chi connectivity index (χ3n) is 3.06. The van der Waals surface area contributed by atoms with Gasteiger partial charge in [0.25, 0.3) is 5.82 Å². The number of nitrogens with zero attached hydrogens (tertiary/aromatic N) is 2. The molecule has 2 aromatic rings. The van der Waals surface area contributed by atoms with Crippen LogP contribution in [0.2, 0.25) is 0 Å². The summed E-state index contributed by atoms with van der Waals surface area (Å²) >= 11 is 0. The Balaban J connectivity index is 2.53. The fourth-order valence-corrected chi connectivity index (χ4v) is 3.05.